The Labute approximate surface area is 94.1 Å². The third kappa shape index (κ3) is 3.22. The summed E-state index contributed by atoms with van der Waals surface area (Å²) in [7, 11) is 2.89. The minimum Gasteiger partial charge on any atom is -0.497 e. The molecule has 1 rings (SSSR count). The fourth-order valence-corrected chi connectivity index (χ4v) is 1.32. The maximum atomic E-state index is 11.1. The van der Waals surface area contributed by atoms with Crippen LogP contribution in [0.15, 0.2) is 24.3 Å². The first-order valence-corrected chi connectivity index (χ1v) is 4.77. The minimum absolute atomic E-state index is 0.0696. The highest BCUT2D eigenvalue weighted by atomic mass is 16.6. The molecule has 0 amide bonds. The average Bonchev–Trinajstić information content (AvgIpc) is 2.35. The van der Waals surface area contributed by atoms with Crippen LogP contribution in [0.2, 0.25) is 0 Å². The van der Waals surface area contributed by atoms with Gasteiger partial charge >= 0.3 is 5.97 Å². The quantitative estimate of drug-likeness (QED) is 0.602. The van der Waals surface area contributed by atoms with E-state index in [2.05, 4.69) is 4.74 Å². The van der Waals surface area contributed by atoms with E-state index in [1.807, 2.05) is 6.07 Å². The molecule has 0 aliphatic rings. The summed E-state index contributed by atoms with van der Waals surface area (Å²) in [6, 6.07) is 7.18. The third-order valence-corrected chi connectivity index (χ3v) is 2.21. The van der Waals surface area contributed by atoms with Crippen molar-refractivity contribution in [2.45, 2.75) is 12.5 Å². The maximum Gasteiger partial charge on any atom is 0.308 e. The standard InChI is InChI=1S/C11H15NO4/c1-14-9-5-3-4-8(6-9)10(16-12)7-11(13)15-2/h3-6,10H,7,12H2,1-2H3. The second kappa shape index (κ2) is 6.09. The lowest BCUT2D eigenvalue weighted by atomic mass is 10.1. The van der Waals surface area contributed by atoms with Gasteiger partial charge in [0.1, 0.15) is 11.9 Å². The lowest BCUT2D eigenvalue weighted by Crippen LogP contribution is -2.15. The van der Waals surface area contributed by atoms with Gasteiger partial charge in [0, 0.05) is 0 Å². The van der Waals surface area contributed by atoms with Gasteiger partial charge in [-0.25, -0.2) is 5.90 Å². The van der Waals surface area contributed by atoms with Crippen LogP contribution < -0.4 is 10.6 Å². The van der Waals surface area contributed by atoms with Crippen LogP contribution in [-0.4, -0.2) is 20.2 Å². The van der Waals surface area contributed by atoms with Gasteiger partial charge in [0.25, 0.3) is 0 Å². The molecule has 0 fully saturated rings. The topological polar surface area (TPSA) is 70.8 Å². The summed E-state index contributed by atoms with van der Waals surface area (Å²) in [5.74, 6) is 5.46. The number of carbonyl (C=O) groups is 1. The summed E-state index contributed by atoms with van der Waals surface area (Å²) in [6.07, 6.45) is -0.456. The molecule has 0 saturated carbocycles. The van der Waals surface area contributed by atoms with E-state index in [9.17, 15) is 4.79 Å². The first-order valence-electron chi connectivity index (χ1n) is 4.77. The van der Waals surface area contributed by atoms with Crippen molar-refractivity contribution < 1.29 is 19.1 Å². The Bertz CT molecular complexity index is 354. The van der Waals surface area contributed by atoms with Crippen LogP contribution >= 0.6 is 0 Å². The number of esters is 1. The molecule has 0 radical (unpaired) electrons. The number of carbonyl (C=O) groups excluding carboxylic acids is 1. The molecule has 5 nitrogen and oxygen atoms in total. The second-order valence-corrected chi connectivity index (χ2v) is 3.18. The second-order valence-electron chi connectivity index (χ2n) is 3.18. The molecular formula is C11H15NO4. The van der Waals surface area contributed by atoms with Crippen LogP contribution in [0.3, 0.4) is 0 Å². The lowest BCUT2D eigenvalue weighted by Gasteiger charge is -2.14. The normalized spacial score (nSPS) is 11.9. The predicted molar refractivity (Wildman–Crippen MR) is 57.6 cm³/mol. The van der Waals surface area contributed by atoms with E-state index in [-0.39, 0.29) is 12.4 Å². The molecule has 1 unspecified atom stereocenters. The smallest absolute Gasteiger partial charge is 0.308 e. The Hall–Kier alpha value is -1.59. The first-order chi connectivity index (χ1) is 7.71. The van der Waals surface area contributed by atoms with Gasteiger partial charge in [0.05, 0.1) is 20.6 Å². The molecule has 1 atom stereocenters. The number of ether oxygens (including phenoxy) is 2. The summed E-state index contributed by atoms with van der Waals surface area (Å²) in [5, 5.41) is 0. The molecule has 0 bridgehead atoms. The van der Waals surface area contributed by atoms with Gasteiger partial charge in [0.15, 0.2) is 0 Å². The molecule has 1 aromatic carbocycles. The molecule has 5 heteroatoms. The van der Waals surface area contributed by atoms with Crippen molar-refractivity contribution in [1.82, 2.24) is 0 Å². The summed E-state index contributed by atoms with van der Waals surface area (Å²) in [5.41, 5.74) is 0.771. The van der Waals surface area contributed by atoms with Gasteiger partial charge in [0.2, 0.25) is 0 Å². The number of nitrogens with two attached hydrogens (primary N) is 1. The fraction of sp³-hybridized carbons (Fsp3) is 0.364. The summed E-state index contributed by atoms with van der Waals surface area (Å²) >= 11 is 0. The Balaban J connectivity index is 2.81. The summed E-state index contributed by atoms with van der Waals surface area (Å²) in [6.45, 7) is 0. The summed E-state index contributed by atoms with van der Waals surface area (Å²) in [4.78, 5) is 15.9. The highest BCUT2D eigenvalue weighted by molar-refractivity contribution is 5.70. The molecule has 0 saturated heterocycles. The maximum absolute atomic E-state index is 11.1. The number of benzene rings is 1. The number of rotatable bonds is 5. The van der Waals surface area contributed by atoms with Gasteiger partial charge in [-0.3, -0.25) is 9.63 Å². The molecule has 88 valence electrons. The third-order valence-electron chi connectivity index (χ3n) is 2.21. The highest BCUT2D eigenvalue weighted by Gasteiger charge is 2.16. The Morgan fingerprint density at radius 3 is 2.75 bits per heavy atom. The van der Waals surface area contributed by atoms with E-state index >= 15 is 0 Å². The van der Waals surface area contributed by atoms with E-state index in [1.54, 1.807) is 25.3 Å². The van der Waals surface area contributed by atoms with E-state index in [0.717, 1.165) is 5.56 Å². The molecular weight excluding hydrogens is 210 g/mol. The number of hydrogen-bond donors (Lipinski definition) is 1. The Kier molecular flexibility index (Phi) is 4.75. The largest absolute Gasteiger partial charge is 0.497 e. The zero-order valence-electron chi connectivity index (χ0n) is 9.30. The van der Waals surface area contributed by atoms with Gasteiger partial charge < -0.3 is 9.47 Å². The Morgan fingerprint density at radius 2 is 2.19 bits per heavy atom. The van der Waals surface area contributed by atoms with Crippen LogP contribution in [0.4, 0.5) is 0 Å². The zero-order chi connectivity index (χ0) is 12.0. The molecule has 0 aliphatic heterocycles. The van der Waals surface area contributed by atoms with E-state index in [0.29, 0.717) is 5.75 Å². The highest BCUT2D eigenvalue weighted by Crippen LogP contribution is 2.23. The first kappa shape index (κ1) is 12.5. The predicted octanol–water partition coefficient (Wildman–Crippen LogP) is 1.19. The Morgan fingerprint density at radius 1 is 1.44 bits per heavy atom. The van der Waals surface area contributed by atoms with Crippen molar-refractivity contribution in [3.05, 3.63) is 29.8 Å². The average molecular weight is 225 g/mol. The van der Waals surface area contributed by atoms with Crippen LogP contribution in [0.1, 0.15) is 18.1 Å². The van der Waals surface area contributed by atoms with Crippen molar-refractivity contribution in [2.75, 3.05) is 14.2 Å². The number of methoxy groups -OCH3 is 2. The van der Waals surface area contributed by atoms with Crippen molar-refractivity contribution in [2.24, 2.45) is 5.90 Å². The molecule has 1 aromatic rings. The van der Waals surface area contributed by atoms with Gasteiger partial charge in [-0.05, 0) is 17.7 Å². The van der Waals surface area contributed by atoms with Crippen LogP contribution in [-0.2, 0) is 14.4 Å². The minimum atomic E-state index is -0.525. The number of hydrogen-bond acceptors (Lipinski definition) is 5. The molecule has 0 aliphatic carbocycles. The molecule has 2 N–H and O–H groups in total. The van der Waals surface area contributed by atoms with Crippen molar-refractivity contribution in [3.63, 3.8) is 0 Å². The molecule has 16 heavy (non-hydrogen) atoms. The van der Waals surface area contributed by atoms with Crippen molar-refractivity contribution in [3.8, 4) is 5.75 Å². The molecule has 0 heterocycles. The van der Waals surface area contributed by atoms with Crippen LogP contribution in [0, 0.1) is 0 Å². The van der Waals surface area contributed by atoms with Gasteiger partial charge in [-0.1, -0.05) is 12.1 Å². The summed E-state index contributed by atoms with van der Waals surface area (Å²) < 4.78 is 9.62. The zero-order valence-corrected chi connectivity index (χ0v) is 9.30. The van der Waals surface area contributed by atoms with Gasteiger partial charge in [-0.2, -0.15) is 0 Å². The van der Waals surface area contributed by atoms with Crippen molar-refractivity contribution >= 4 is 5.97 Å². The molecule has 0 aromatic heterocycles. The van der Waals surface area contributed by atoms with Gasteiger partial charge in [-0.15, -0.1) is 0 Å². The van der Waals surface area contributed by atoms with Crippen LogP contribution in [0.25, 0.3) is 0 Å². The van der Waals surface area contributed by atoms with E-state index < -0.39 is 6.10 Å². The SMILES string of the molecule is COC(=O)CC(ON)c1cccc(OC)c1. The monoisotopic (exact) mass is 225 g/mol. The van der Waals surface area contributed by atoms with Crippen molar-refractivity contribution in [1.29, 1.82) is 0 Å². The molecule has 0 spiro atoms. The van der Waals surface area contributed by atoms with E-state index in [4.69, 9.17) is 15.5 Å². The van der Waals surface area contributed by atoms with Crippen LogP contribution in [0.5, 0.6) is 5.75 Å². The lowest BCUT2D eigenvalue weighted by molar-refractivity contribution is -0.144. The fourth-order valence-electron chi connectivity index (χ4n) is 1.32. The van der Waals surface area contributed by atoms with E-state index in [1.165, 1.54) is 7.11 Å².